The molecule has 102 valence electrons. The van der Waals surface area contributed by atoms with E-state index in [1.165, 1.54) is 18.7 Å². The number of para-hydroxylation sites is 1. The summed E-state index contributed by atoms with van der Waals surface area (Å²) in [4.78, 5) is 4.83. The summed E-state index contributed by atoms with van der Waals surface area (Å²) in [5, 5.41) is 4.22. The number of benzene rings is 1. The van der Waals surface area contributed by atoms with Crippen molar-refractivity contribution in [3.8, 4) is 0 Å². The number of imidazole rings is 1. The lowest BCUT2D eigenvalue weighted by molar-refractivity contribution is 0.573. The summed E-state index contributed by atoms with van der Waals surface area (Å²) >= 11 is 6.38. The molecular formula is C15H20ClN3. The summed E-state index contributed by atoms with van der Waals surface area (Å²) in [5.74, 6) is 1.58. The van der Waals surface area contributed by atoms with Crippen molar-refractivity contribution in [1.29, 1.82) is 0 Å². The molecule has 1 heterocycles. The zero-order valence-corrected chi connectivity index (χ0v) is 12.2. The highest BCUT2D eigenvalue weighted by atomic mass is 35.5. The molecule has 3 rings (SSSR count). The van der Waals surface area contributed by atoms with Crippen LogP contribution in [0.3, 0.4) is 0 Å². The van der Waals surface area contributed by atoms with Gasteiger partial charge in [-0.05, 0) is 31.5 Å². The molecule has 1 N–H and O–H groups in total. The van der Waals surface area contributed by atoms with Gasteiger partial charge in [0.25, 0.3) is 0 Å². The molecule has 4 heteroatoms. The van der Waals surface area contributed by atoms with Crippen LogP contribution in [0.25, 0.3) is 11.0 Å². The molecule has 0 spiro atoms. The second-order valence-corrected chi connectivity index (χ2v) is 5.79. The van der Waals surface area contributed by atoms with E-state index in [-0.39, 0.29) is 0 Å². The minimum Gasteiger partial charge on any atom is -0.323 e. The normalized spacial score (nSPS) is 17.0. The highest BCUT2D eigenvalue weighted by molar-refractivity contribution is 6.35. The molecule has 0 saturated heterocycles. The van der Waals surface area contributed by atoms with Gasteiger partial charge in [-0.15, -0.1) is 0 Å². The molecule has 3 nitrogen and oxygen atoms in total. The van der Waals surface area contributed by atoms with Gasteiger partial charge in [0.2, 0.25) is 0 Å². The maximum Gasteiger partial charge on any atom is 0.114 e. The Morgan fingerprint density at radius 1 is 1.47 bits per heavy atom. The Labute approximate surface area is 119 Å². The largest absolute Gasteiger partial charge is 0.323 e. The van der Waals surface area contributed by atoms with Gasteiger partial charge in [0.1, 0.15) is 5.82 Å². The van der Waals surface area contributed by atoms with Gasteiger partial charge in [0, 0.05) is 18.5 Å². The fraction of sp³-hybridized carbons (Fsp3) is 0.533. The topological polar surface area (TPSA) is 29.9 Å². The first-order valence-corrected chi connectivity index (χ1v) is 7.47. The number of hydrogen-bond acceptors (Lipinski definition) is 2. The molecule has 1 unspecified atom stereocenters. The van der Waals surface area contributed by atoms with Crippen LogP contribution in [-0.4, -0.2) is 22.6 Å². The number of halogens is 1. The van der Waals surface area contributed by atoms with Gasteiger partial charge in [-0.25, -0.2) is 4.98 Å². The van der Waals surface area contributed by atoms with E-state index >= 15 is 0 Å². The first kappa shape index (κ1) is 12.9. The molecule has 1 aromatic heterocycles. The quantitative estimate of drug-likeness (QED) is 0.902. The summed E-state index contributed by atoms with van der Waals surface area (Å²) < 4.78 is 2.37. The summed E-state index contributed by atoms with van der Waals surface area (Å²) in [5.41, 5.74) is 2.14. The van der Waals surface area contributed by atoms with Crippen LogP contribution in [0.15, 0.2) is 18.2 Å². The van der Waals surface area contributed by atoms with E-state index in [4.69, 9.17) is 16.6 Å². The van der Waals surface area contributed by atoms with Crippen molar-refractivity contribution in [2.45, 2.75) is 38.6 Å². The van der Waals surface area contributed by atoms with Crippen molar-refractivity contribution in [2.24, 2.45) is 0 Å². The molecule has 1 aliphatic rings. The Balaban J connectivity index is 2.08. The Bertz CT molecular complexity index is 586. The Morgan fingerprint density at radius 2 is 2.26 bits per heavy atom. The van der Waals surface area contributed by atoms with Crippen molar-refractivity contribution in [3.05, 3.63) is 29.0 Å². The van der Waals surface area contributed by atoms with Crippen molar-refractivity contribution in [3.63, 3.8) is 0 Å². The summed E-state index contributed by atoms with van der Waals surface area (Å²) in [6, 6.07) is 6.60. The molecule has 0 amide bonds. The molecule has 19 heavy (non-hydrogen) atoms. The van der Waals surface area contributed by atoms with Gasteiger partial charge < -0.3 is 9.88 Å². The van der Waals surface area contributed by atoms with Crippen LogP contribution in [0.2, 0.25) is 5.02 Å². The molecule has 2 aromatic rings. The Morgan fingerprint density at radius 3 is 2.95 bits per heavy atom. The molecule has 1 aromatic carbocycles. The van der Waals surface area contributed by atoms with Crippen LogP contribution < -0.4 is 5.32 Å². The maximum atomic E-state index is 6.38. The molecule has 1 aliphatic carbocycles. The van der Waals surface area contributed by atoms with Crippen LogP contribution in [0.1, 0.15) is 44.5 Å². The number of hydrogen-bond donors (Lipinski definition) is 1. The predicted octanol–water partition coefficient (Wildman–Crippen LogP) is 3.74. The zero-order valence-electron chi connectivity index (χ0n) is 11.5. The van der Waals surface area contributed by atoms with Gasteiger partial charge >= 0.3 is 0 Å². The Hall–Kier alpha value is -1.06. The minimum atomic E-state index is 0.406. The van der Waals surface area contributed by atoms with Crippen LogP contribution in [0.5, 0.6) is 0 Å². The monoisotopic (exact) mass is 277 g/mol. The third-order valence-corrected chi connectivity index (χ3v) is 4.05. The summed E-state index contributed by atoms with van der Waals surface area (Å²) in [7, 11) is 0. The van der Waals surface area contributed by atoms with Crippen LogP contribution in [0, 0.1) is 0 Å². The van der Waals surface area contributed by atoms with E-state index in [1.807, 2.05) is 12.1 Å². The van der Waals surface area contributed by atoms with E-state index in [0.29, 0.717) is 12.0 Å². The third-order valence-electron chi connectivity index (χ3n) is 3.74. The smallest absolute Gasteiger partial charge is 0.114 e. The number of nitrogens with zero attached hydrogens (tertiary/aromatic N) is 2. The van der Waals surface area contributed by atoms with E-state index in [2.05, 4.69) is 29.8 Å². The SMILES string of the molecule is CCNCC(C)c1nc2cccc(Cl)c2n1C1CC1. The van der Waals surface area contributed by atoms with E-state index in [0.717, 1.165) is 29.1 Å². The van der Waals surface area contributed by atoms with Crippen molar-refractivity contribution in [2.75, 3.05) is 13.1 Å². The maximum absolute atomic E-state index is 6.38. The molecule has 1 fully saturated rings. The van der Waals surface area contributed by atoms with Crippen LogP contribution in [0.4, 0.5) is 0 Å². The second-order valence-electron chi connectivity index (χ2n) is 5.39. The molecule has 1 saturated carbocycles. The van der Waals surface area contributed by atoms with E-state index in [9.17, 15) is 0 Å². The van der Waals surface area contributed by atoms with Crippen molar-refractivity contribution < 1.29 is 0 Å². The lowest BCUT2D eigenvalue weighted by atomic mass is 10.1. The van der Waals surface area contributed by atoms with Gasteiger partial charge in [-0.2, -0.15) is 0 Å². The first-order valence-electron chi connectivity index (χ1n) is 7.09. The highest BCUT2D eigenvalue weighted by Gasteiger charge is 2.30. The number of fused-ring (bicyclic) bond motifs is 1. The fourth-order valence-electron chi connectivity index (χ4n) is 2.63. The van der Waals surface area contributed by atoms with Gasteiger partial charge in [-0.1, -0.05) is 31.5 Å². The lowest BCUT2D eigenvalue weighted by Crippen LogP contribution is -2.21. The molecular weight excluding hydrogens is 258 g/mol. The number of likely N-dealkylation sites (N-methyl/N-ethyl adjacent to an activating group) is 1. The molecule has 1 atom stereocenters. The lowest BCUT2D eigenvalue weighted by Gasteiger charge is -2.14. The van der Waals surface area contributed by atoms with Gasteiger partial charge in [-0.3, -0.25) is 0 Å². The Kier molecular flexibility index (Phi) is 3.50. The third kappa shape index (κ3) is 2.37. The van der Waals surface area contributed by atoms with Crippen molar-refractivity contribution in [1.82, 2.24) is 14.9 Å². The first-order chi connectivity index (χ1) is 9.22. The van der Waals surface area contributed by atoms with Crippen LogP contribution in [-0.2, 0) is 0 Å². The highest BCUT2D eigenvalue weighted by Crippen LogP contribution is 2.41. The number of rotatable bonds is 5. The van der Waals surface area contributed by atoms with E-state index in [1.54, 1.807) is 0 Å². The average molecular weight is 278 g/mol. The summed E-state index contributed by atoms with van der Waals surface area (Å²) in [6.45, 7) is 6.32. The minimum absolute atomic E-state index is 0.406. The zero-order chi connectivity index (χ0) is 13.4. The van der Waals surface area contributed by atoms with Crippen LogP contribution >= 0.6 is 11.6 Å². The fourth-order valence-corrected chi connectivity index (χ4v) is 2.89. The predicted molar refractivity (Wildman–Crippen MR) is 80.0 cm³/mol. The van der Waals surface area contributed by atoms with Gasteiger partial charge in [0.15, 0.2) is 0 Å². The van der Waals surface area contributed by atoms with Gasteiger partial charge in [0.05, 0.1) is 16.1 Å². The molecule has 0 radical (unpaired) electrons. The van der Waals surface area contributed by atoms with E-state index < -0.39 is 0 Å². The number of nitrogens with one attached hydrogen (secondary N) is 1. The molecule has 0 bridgehead atoms. The summed E-state index contributed by atoms with van der Waals surface area (Å²) in [6.07, 6.45) is 2.50. The average Bonchev–Trinajstić information content (AvgIpc) is 3.16. The second kappa shape index (κ2) is 5.14. The molecule has 0 aliphatic heterocycles. The standard InChI is InChI=1S/C15H20ClN3/c1-3-17-9-10(2)15-18-13-6-4-5-12(16)14(13)19(15)11-7-8-11/h4-6,10-11,17H,3,7-9H2,1-2H3. The number of aromatic nitrogens is 2. The van der Waals surface area contributed by atoms with Crippen molar-refractivity contribution >= 4 is 22.6 Å².